The van der Waals surface area contributed by atoms with Gasteiger partial charge >= 0.3 is 0 Å². The van der Waals surface area contributed by atoms with Gasteiger partial charge in [0.15, 0.2) is 0 Å². The zero-order valence-electron chi connectivity index (χ0n) is 18.6. The molecule has 2 aromatic rings. The molecule has 0 spiro atoms. The summed E-state index contributed by atoms with van der Waals surface area (Å²) in [5.74, 6) is 0.831. The molecule has 0 aliphatic rings. The molecule has 166 valence electrons. The number of hydrogen-bond donors (Lipinski definition) is 2. The van der Waals surface area contributed by atoms with Crippen LogP contribution < -0.4 is 15.0 Å². The van der Waals surface area contributed by atoms with Crippen LogP contribution in [0.2, 0.25) is 0 Å². The number of thioether (sulfide) groups is 1. The van der Waals surface area contributed by atoms with E-state index >= 15 is 0 Å². The molecule has 0 aliphatic heterocycles. The molecule has 0 saturated carbocycles. The molecule has 0 fully saturated rings. The van der Waals surface area contributed by atoms with Gasteiger partial charge in [0.05, 0.1) is 30.7 Å². The first kappa shape index (κ1) is 24.4. The zero-order valence-corrected chi connectivity index (χ0v) is 19.4. The van der Waals surface area contributed by atoms with E-state index in [1.54, 1.807) is 12.1 Å². The average Bonchev–Trinajstić information content (AvgIpc) is 2.73. The van der Waals surface area contributed by atoms with Crippen LogP contribution in [0.3, 0.4) is 0 Å². The van der Waals surface area contributed by atoms with E-state index in [1.165, 1.54) is 38.1 Å². The topological polar surface area (TPSA) is 97.2 Å². The lowest BCUT2D eigenvalue weighted by molar-refractivity contribution is -0.107. The maximum atomic E-state index is 12.6. The van der Waals surface area contributed by atoms with Crippen molar-refractivity contribution < 1.29 is 19.5 Å². The van der Waals surface area contributed by atoms with Crippen LogP contribution in [0.1, 0.15) is 44.9 Å². The third kappa shape index (κ3) is 5.65. The number of hydrogen-bond acceptors (Lipinski definition) is 8. The molecule has 7 nitrogen and oxygen atoms in total. The van der Waals surface area contributed by atoms with Crippen molar-refractivity contribution in [3.05, 3.63) is 52.0 Å². The van der Waals surface area contributed by atoms with E-state index in [0.717, 1.165) is 11.1 Å². The van der Waals surface area contributed by atoms with Crippen molar-refractivity contribution in [2.45, 2.75) is 39.4 Å². The molecule has 8 heteroatoms. The summed E-state index contributed by atoms with van der Waals surface area (Å²) in [6.45, 7) is 7.72. The second-order valence-electron chi connectivity index (χ2n) is 7.45. The number of anilines is 1. The maximum absolute atomic E-state index is 12.6. The molecule has 0 saturated heterocycles. The van der Waals surface area contributed by atoms with Gasteiger partial charge in [-0.25, -0.2) is 0 Å². The Morgan fingerprint density at radius 3 is 2.39 bits per heavy atom. The van der Waals surface area contributed by atoms with Gasteiger partial charge < -0.3 is 9.47 Å². The number of rotatable bonds is 9. The molecule has 0 bridgehead atoms. The molecule has 0 heterocycles. The molecule has 2 rings (SSSR count). The number of ether oxygens (including phenoxy) is 2. The molecular weight excluding hydrogens is 416 g/mol. The number of carbonyl (C=O) groups is 1. The average molecular weight is 445 g/mol. The number of benzene rings is 2. The molecule has 2 aromatic carbocycles. The lowest BCUT2D eigenvalue weighted by atomic mass is 9.97. The summed E-state index contributed by atoms with van der Waals surface area (Å²) in [5.41, 5.74) is 5.35. The van der Waals surface area contributed by atoms with Crippen molar-refractivity contribution in [2.75, 3.05) is 19.7 Å². The number of methoxy groups -OCH3 is 2. The fourth-order valence-corrected chi connectivity index (χ4v) is 4.36. The molecule has 2 N–H and O–H groups in total. The van der Waals surface area contributed by atoms with Gasteiger partial charge in [-0.15, -0.1) is 4.91 Å². The van der Waals surface area contributed by atoms with Crippen molar-refractivity contribution in [3.8, 4) is 11.5 Å². The Balaban J connectivity index is 2.85. The third-order valence-corrected chi connectivity index (χ3v) is 5.68. The first-order valence-corrected chi connectivity index (χ1v) is 10.6. The van der Waals surface area contributed by atoms with Crippen molar-refractivity contribution in [2.24, 2.45) is 5.18 Å². The van der Waals surface area contributed by atoms with Crippen LogP contribution in [0, 0.1) is 4.91 Å². The first-order valence-electron chi connectivity index (χ1n) is 9.71. The van der Waals surface area contributed by atoms with Crippen molar-refractivity contribution >= 4 is 39.0 Å². The van der Waals surface area contributed by atoms with Gasteiger partial charge in [-0.2, -0.15) is 0 Å². The predicted octanol–water partition coefficient (Wildman–Crippen LogP) is 6.68. The number of nitrogens with one attached hydrogen (secondary N) is 1. The largest absolute Gasteiger partial charge is 0.496 e. The Morgan fingerprint density at radius 2 is 1.87 bits per heavy atom. The van der Waals surface area contributed by atoms with Gasteiger partial charge in [0.2, 0.25) is 5.12 Å². The van der Waals surface area contributed by atoms with Crippen molar-refractivity contribution in [1.29, 1.82) is 0 Å². The highest BCUT2D eigenvalue weighted by atomic mass is 32.2. The Kier molecular flexibility index (Phi) is 8.65. The summed E-state index contributed by atoms with van der Waals surface area (Å²) in [6.07, 6.45) is 4.22. The van der Waals surface area contributed by atoms with Crippen LogP contribution in [0.15, 0.2) is 46.7 Å². The minimum absolute atomic E-state index is 0.0761. The number of nitrogens with zero attached hydrogens (tertiary/aromatic N) is 1. The number of nitroso groups, excluding NO2 is 1. The number of allylic oxidation sites excluding steroid dienone is 3. The fourth-order valence-electron chi connectivity index (χ4n) is 3.28. The molecular formula is C23H28N2O5S. The van der Waals surface area contributed by atoms with E-state index < -0.39 is 0 Å². The van der Waals surface area contributed by atoms with Gasteiger partial charge in [0.25, 0.3) is 0 Å². The van der Waals surface area contributed by atoms with Crippen LogP contribution in [0.4, 0.5) is 11.4 Å². The Hall–Kier alpha value is -2.84. The van der Waals surface area contributed by atoms with Gasteiger partial charge in [0.1, 0.15) is 17.2 Å². The van der Waals surface area contributed by atoms with Gasteiger partial charge in [-0.1, -0.05) is 29.0 Å². The number of carbonyl (C=O) groups excluding carboxylic acids is 1. The highest BCUT2D eigenvalue weighted by Gasteiger charge is 2.26. The Labute approximate surface area is 186 Å². The summed E-state index contributed by atoms with van der Waals surface area (Å²) in [7, 11) is 3.00. The van der Waals surface area contributed by atoms with E-state index in [9.17, 15) is 14.9 Å². The molecule has 0 amide bonds. The SMILES string of the molecule is COc1cc(C(CC=C(C)C)SC(=O)C=C(C)C)c(OC)c2c(N=O)ccc(NO)c12. The molecule has 0 aliphatic carbocycles. The Morgan fingerprint density at radius 1 is 1.16 bits per heavy atom. The molecule has 1 atom stereocenters. The predicted molar refractivity (Wildman–Crippen MR) is 127 cm³/mol. The summed E-state index contributed by atoms with van der Waals surface area (Å²) in [5, 5.41) is 13.2. The molecule has 31 heavy (non-hydrogen) atoms. The smallest absolute Gasteiger partial charge is 0.212 e. The molecule has 0 aromatic heterocycles. The van der Waals surface area contributed by atoms with E-state index in [1.807, 2.05) is 33.8 Å². The monoisotopic (exact) mass is 444 g/mol. The summed E-state index contributed by atoms with van der Waals surface area (Å²) < 4.78 is 11.3. The lowest BCUT2D eigenvalue weighted by Gasteiger charge is -2.22. The second kappa shape index (κ2) is 11.0. The van der Waals surface area contributed by atoms with Gasteiger partial charge in [-0.3, -0.25) is 15.5 Å². The van der Waals surface area contributed by atoms with Crippen LogP contribution in [-0.4, -0.2) is 24.5 Å². The van der Waals surface area contributed by atoms with Crippen LogP contribution in [0.25, 0.3) is 10.8 Å². The minimum atomic E-state index is -0.295. The van der Waals surface area contributed by atoms with E-state index in [0.29, 0.717) is 39.9 Å². The van der Waals surface area contributed by atoms with Crippen LogP contribution >= 0.6 is 11.8 Å². The highest BCUT2D eigenvalue weighted by Crippen LogP contribution is 2.50. The Bertz CT molecular complexity index is 1040. The van der Waals surface area contributed by atoms with Gasteiger partial charge in [0, 0.05) is 10.8 Å². The van der Waals surface area contributed by atoms with E-state index in [4.69, 9.17) is 9.47 Å². The first-order chi connectivity index (χ1) is 14.8. The fraction of sp³-hybridized carbons (Fsp3) is 0.348. The quantitative estimate of drug-likeness (QED) is 0.193. The van der Waals surface area contributed by atoms with E-state index in [-0.39, 0.29) is 16.1 Å². The zero-order chi connectivity index (χ0) is 23.1. The number of fused-ring (bicyclic) bond motifs is 1. The highest BCUT2D eigenvalue weighted by molar-refractivity contribution is 8.14. The summed E-state index contributed by atoms with van der Waals surface area (Å²) in [4.78, 5) is 24.2. The lowest BCUT2D eigenvalue weighted by Crippen LogP contribution is -2.04. The third-order valence-electron chi connectivity index (χ3n) is 4.60. The minimum Gasteiger partial charge on any atom is -0.496 e. The normalized spacial score (nSPS) is 11.5. The summed E-state index contributed by atoms with van der Waals surface area (Å²) >= 11 is 1.18. The molecule has 0 radical (unpaired) electrons. The van der Waals surface area contributed by atoms with Gasteiger partial charge in [-0.05, 0) is 63.6 Å². The van der Waals surface area contributed by atoms with Crippen molar-refractivity contribution in [1.82, 2.24) is 0 Å². The standard InChI is InChI=1S/C23H28N2O5S/c1-13(2)7-10-19(31-20(26)11-14(3)4)15-12-18(29-5)21-16(24-27)8-9-17(25-28)22(21)23(15)30-6/h7-9,11-12,19,24,27H,10H2,1-6H3. The summed E-state index contributed by atoms with van der Waals surface area (Å²) in [6, 6.07) is 4.81. The maximum Gasteiger partial charge on any atom is 0.212 e. The van der Waals surface area contributed by atoms with E-state index in [2.05, 4.69) is 10.7 Å². The van der Waals surface area contributed by atoms with Crippen LogP contribution in [0.5, 0.6) is 11.5 Å². The second-order valence-corrected chi connectivity index (χ2v) is 8.66. The van der Waals surface area contributed by atoms with Crippen molar-refractivity contribution in [3.63, 3.8) is 0 Å². The molecule has 1 unspecified atom stereocenters. The van der Waals surface area contributed by atoms with Crippen LogP contribution in [-0.2, 0) is 4.79 Å².